The molecule has 0 spiro atoms. The summed E-state index contributed by atoms with van der Waals surface area (Å²) in [5.74, 6) is -1.09. The van der Waals surface area contributed by atoms with Crippen molar-refractivity contribution in [3.8, 4) is 5.75 Å². The fourth-order valence-corrected chi connectivity index (χ4v) is 7.20. The molecule has 0 radical (unpaired) electrons. The highest BCUT2D eigenvalue weighted by Crippen LogP contribution is 2.41. The van der Waals surface area contributed by atoms with Gasteiger partial charge >= 0.3 is 17.7 Å². The molecule has 2 atom stereocenters. The van der Waals surface area contributed by atoms with Gasteiger partial charge in [-0.3, -0.25) is 19.8 Å². The van der Waals surface area contributed by atoms with Crippen LogP contribution in [0.1, 0.15) is 39.1 Å². The maximum absolute atomic E-state index is 13.8. The summed E-state index contributed by atoms with van der Waals surface area (Å²) in [5.41, 5.74) is 1.92. The first-order valence-corrected chi connectivity index (χ1v) is 17.9. The van der Waals surface area contributed by atoms with Crippen molar-refractivity contribution in [2.24, 2.45) is 5.16 Å². The number of halogens is 1. The van der Waals surface area contributed by atoms with Crippen molar-refractivity contribution in [2.75, 3.05) is 24.8 Å². The zero-order chi connectivity index (χ0) is 37.0. The van der Waals surface area contributed by atoms with Crippen LogP contribution in [0, 0.1) is 0 Å². The van der Waals surface area contributed by atoms with E-state index in [0.717, 1.165) is 22.6 Å². The number of anilines is 1. The predicted molar refractivity (Wildman–Crippen MR) is 189 cm³/mol. The molecule has 3 N–H and O–H groups in total. The van der Waals surface area contributed by atoms with Gasteiger partial charge in [0.2, 0.25) is 23.0 Å². The van der Waals surface area contributed by atoms with Crippen molar-refractivity contribution in [2.45, 2.75) is 57.9 Å². The molecule has 1 saturated heterocycles. The second-order valence-corrected chi connectivity index (χ2v) is 14.3. The molecule has 2 unspecified atom stereocenters. The molecule has 0 saturated carbocycles. The van der Waals surface area contributed by atoms with Crippen LogP contribution in [0.15, 0.2) is 65.3 Å². The number of hydrogen-bond acceptors (Lipinski definition) is 14. The quantitative estimate of drug-likeness (QED) is 0.0564. The lowest BCUT2D eigenvalue weighted by molar-refractivity contribution is -0.664. The van der Waals surface area contributed by atoms with Gasteiger partial charge in [-0.25, -0.2) is 14.2 Å². The third-order valence-electron chi connectivity index (χ3n) is 7.61. The summed E-state index contributed by atoms with van der Waals surface area (Å²) in [7, 11) is 1.56. The number of benzene rings is 1. The monoisotopic (exact) mass is 829 g/mol. The second kappa shape index (κ2) is 16.7. The Kier molecular flexibility index (Phi) is 12.3. The number of carbonyl (C=O) groups is 4. The van der Waals surface area contributed by atoms with Crippen LogP contribution in [0.2, 0.25) is 0 Å². The van der Waals surface area contributed by atoms with E-state index in [2.05, 4.69) is 35.1 Å². The van der Waals surface area contributed by atoms with Gasteiger partial charge in [0.15, 0.2) is 0 Å². The predicted octanol–water partition coefficient (Wildman–Crippen LogP) is -0.100. The molecule has 5 heterocycles. The van der Waals surface area contributed by atoms with E-state index < -0.39 is 40.9 Å². The van der Waals surface area contributed by atoms with E-state index in [1.54, 1.807) is 65.4 Å². The number of thioether (sulfide) groups is 1. The maximum Gasteiger partial charge on any atom is 0.414 e. The lowest BCUT2D eigenvalue weighted by Gasteiger charge is -2.49. The first-order chi connectivity index (χ1) is 25.0. The molecule has 1 fully saturated rings. The number of nitrogens with one attached hydrogen (secondary N) is 3. The van der Waals surface area contributed by atoms with Gasteiger partial charge in [-0.1, -0.05) is 17.3 Å². The Morgan fingerprint density at radius 3 is 2.66 bits per heavy atom. The largest absolute Gasteiger partial charge is 1.00 e. The number of carbonyl (C=O) groups excluding carboxylic acids is 4. The van der Waals surface area contributed by atoms with Crippen molar-refractivity contribution < 1.29 is 59.8 Å². The molecule has 2 aliphatic heterocycles. The van der Waals surface area contributed by atoms with Gasteiger partial charge in [0, 0.05) is 22.9 Å². The fourth-order valence-electron chi connectivity index (χ4n) is 5.31. The SMILES string of the molecule is CCO/N=C(\C(=O)NC1C(=O)N2C(C(=O)OCc3ccc(OC)cc3)=C(C[n+]3cccc4[nH]cnc43)CSC12)c1nsc(NC(=O)OC(C)(C)C)n1.[Br-]. The molecule has 6 rings (SSSR count). The Labute approximate surface area is 322 Å². The standard InChI is InChI=1S/C33H35N9O8S2.BrH/c1-6-49-39-22(25-37-31(52-40-25)38-32(46)50-33(2,3)4)27(43)36-23-28(44)42-24(30(45)48-15-18-9-11-20(47-5)12-10-18)19(16-51-29(23)42)14-41-13-7-8-21-26(41)35-17-34-21;/h7-13,17,23,29H,6,14-16H2,1-5H3,(H2,36,37,38,40,43,46);1H/b39-22-;. The van der Waals surface area contributed by atoms with Crippen LogP contribution in [-0.2, 0) is 41.8 Å². The molecular weight excluding hydrogens is 794 g/mol. The molecule has 1 aromatic carbocycles. The zero-order valence-corrected chi connectivity index (χ0v) is 32.5. The average molecular weight is 831 g/mol. The number of aromatic nitrogens is 5. The number of ether oxygens (including phenoxy) is 3. The topological polar surface area (TPSA) is 203 Å². The number of rotatable bonds is 12. The number of imidazole rings is 1. The van der Waals surface area contributed by atoms with E-state index in [1.807, 2.05) is 22.9 Å². The third-order valence-corrected chi connectivity index (χ3v) is 9.58. The first kappa shape index (κ1) is 39.1. The number of H-pyrrole nitrogens is 1. The molecule has 0 bridgehead atoms. The highest BCUT2D eigenvalue weighted by atomic mass is 79.9. The van der Waals surface area contributed by atoms with Crippen LogP contribution in [0.4, 0.5) is 9.93 Å². The van der Waals surface area contributed by atoms with Gasteiger partial charge in [0.05, 0.1) is 13.3 Å². The summed E-state index contributed by atoms with van der Waals surface area (Å²) in [5, 5.41) is 8.52. The normalized spacial score (nSPS) is 17.0. The fraction of sp³-hybridized carbons (Fsp3) is 0.364. The number of β-lactam (4-membered cyclic amide) rings is 1. The van der Waals surface area contributed by atoms with E-state index >= 15 is 0 Å². The van der Waals surface area contributed by atoms with Crippen molar-refractivity contribution in [1.29, 1.82) is 0 Å². The van der Waals surface area contributed by atoms with Crippen molar-refractivity contribution in [3.05, 3.63) is 71.6 Å². The third kappa shape index (κ3) is 8.94. The Bertz CT molecular complexity index is 2060. The highest BCUT2D eigenvalue weighted by molar-refractivity contribution is 8.00. The van der Waals surface area contributed by atoms with E-state index in [1.165, 1.54) is 16.7 Å². The molecule has 53 heavy (non-hydrogen) atoms. The number of amides is 3. The summed E-state index contributed by atoms with van der Waals surface area (Å²) in [4.78, 5) is 71.7. The van der Waals surface area contributed by atoms with E-state index in [0.29, 0.717) is 22.7 Å². The van der Waals surface area contributed by atoms with Crippen molar-refractivity contribution in [1.82, 2.24) is 29.5 Å². The summed E-state index contributed by atoms with van der Waals surface area (Å²) in [6.45, 7) is 7.19. The molecule has 2 aliphatic rings. The Morgan fingerprint density at radius 1 is 1.17 bits per heavy atom. The first-order valence-electron chi connectivity index (χ1n) is 16.1. The molecule has 280 valence electrons. The van der Waals surface area contributed by atoms with Crippen LogP contribution in [-0.4, -0.2) is 90.3 Å². The summed E-state index contributed by atoms with van der Waals surface area (Å²) in [6.07, 6.45) is 2.68. The number of methoxy groups -OCH3 is 1. The number of oxime groups is 1. The van der Waals surface area contributed by atoms with Crippen molar-refractivity contribution in [3.63, 3.8) is 0 Å². The Morgan fingerprint density at radius 2 is 1.94 bits per heavy atom. The molecular formula is C33H36BrN9O8S2. The van der Waals surface area contributed by atoms with Gasteiger partial charge in [-0.15, -0.1) is 11.8 Å². The van der Waals surface area contributed by atoms with Gasteiger partial charge in [-0.05, 0) is 62.5 Å². The highest BCUT2D eigenvalue weighted by Gasteiger charge is 2.55. The minimum atomic E-state index is -1.02. The van der Waals surface area contributed by atoms with Gasteiger partial charge in [-0.2, -0.15) is 9.36 Å². The molecule has 0 aliphatic carbocycles. The van der Waals surface area contributed by atoms with Crippen LogP contribution >= 0.6 is 23.3 Å². The summed E-state index contributed by atoms with van der Waals surface area (Å²) >= 11 is 2.20. The molecule has 3 amide bonds. The lowest BCUT2D eigenvalue weighted by Crippen LogP contribution is -3.00. The van der Waals surface area contributed by atoms with Gasteiger partial charge < -0.3 is 46.3 Å². The van der Waals surface area contributed by atoms with Crippen LogP contribution in [0.5, 0.6) is 5.75 Å². The zero-order valence-electron chi connectivity index (χ0n) is 29.2. The smallest absolute Gasteiger partial charge is 0.414 e. The van der Waals surface area contributed by atoms with Crippen LogP contribution < -0.4 is 36.9 Å². The van der Waals surface area contributed by atoms with E-state index in [9.17, 15) is 19.2 Å². The number of fused-ring (bicyclic) bond motifs is 2. The van der Waals surface area contributed by atoms with Gasteiger partial charge in [0.25, 0.3) is 11.8 Å². The van der Waals surface area contributed by atoms with Crippen LogP contribution in [0.25, 0.3) is 11.2 Å². The Balaban J connectivity index is 0.00000541. The number of nitrogens with zero attached hydrogens (tertiary/aromatic N) is 6. The molecule has 4 aromatic rings. The Hall–Kier alpha value is -5.08. The molecule has 20 heteroatoms. The summed E-state index contributed by atoms with van der Waals surface area (Å²) in [6, 6.07) is 9.81. The van der Waals surface area contributed by atoms with E-state index in [-0.39, 0.29) is 59.1 Å². The minimum Gasteiger partial charge on any atom is -1.00 e. The van der Waals surface area contributed by atoms with E-state index in [4.69, 9.17) is 19.0 Å². The minimum absolute atomic E-state index is 0. The van der Waals surface area contributed by atoms with Crippen molar-refractivity contribution >= 4 is 69.2 Å². The maximum atomic E-state index is 13.8. The molecule has 3 aromatic heterocycles. The number of hydrogen-bond donors (Lipinski definition) is 3. The number of aromatic amines is 1. The van der Waals surface area contributed by atoms with Gasteiger partial charge in [0.1, 0.15) is 53.7 Å². The number of esters is 1. The molecule has 17 nitrogen and oxygen atoms in total. The van der Waals surface area contributed by atoms with Crippen LogP contribution in [0.3, 0.4) is 0 Å². The second-order valence-electron chi connectivity index (χ2n) is 12.4. The number of pyridine rings is 1. The lowest BCUT2D eigenvalue weighted by atomic mass is 10.0. The summed E-state index contributed by atoms with van der Waals surface area (Å²) < 4.78 is 22.2. The average Bonchev–Trinajstić information content (AvgIpc) is 3.79.